The third-order valence-corrected chi connectivity index (χ3v) is 3.87. The molecule has 0 bridgehead atoms. The van der Waals surface area contributed by atoms with Gasteiger partial charge in [0.25, 0.3) is 0 Å². The molecule has 0 amide bonds. The van der Waals surface area contributed by atoms with Crippen molar-refractivity contribution in [1.29, 1.82) is 0 Å². The van der Waals surface area contributed by atoms with Gasteiger partial charge in [0.1, 0.15) is 4.60 Å². The first-order chi connectivity index (χ1) is 8.83. The highest BCUT2D eigenvalue weighted by molar-refractivity contribution is 9.10. The van der Waals surface area contributed by atoms with Gasteiger partial charge in [0.05, 0.1) is 5.69 Å². The maximum Gasteiger partial charge on any atom is 0.106 e. The van der Waals surface area contributed by atoms with Crippen molar-refractivity contribution in [3.05, 3.63) is 63.9 Å². The molecule has 0 aliphatic heterocycles. The summed E-state index contributed by atoms with van der Waals surface area (Å²) in [5.74, 6) is 0.674. The summed E-state index contributed by atoms with van der Waals surface area (Å²) in [4.78, 5) is 4.41. The van der Waals surface area contributed by atoms with Crippen molar-refractivity contribution in [3.8, 4) is 0 Å². The van der Waals surface area contributed by atoms with Gasteiger partial charge >= 0.3 is 0 Å². The molecule has 0 radical (unpaired) electrons. The predicted octanol–water partition coefficient (Wildman–Crippen LogP) is 3.27. The zero-order chi connectivity index (χ0) is 12.4. The van der Waals surface area contributed by atoms with Crippen molar-refractivity contribution in [2.75, 3.05) is 6.54 Å². The molecule has 0 fully saturated rings. The Kier molecular flexibility index (Phi) is 3.43. The van der Waals surface area contributed by atoms with Gasteiger partial charge in [-0.15, -0.1) is 0 Å². The fourth-order valence-corrected chi connectivity index (χ4v) is 2.85. The van der Waals surface area contributed by atoms with Gasteiger partial charge < -0.3 is 5.32 Å². The number of hydrogen-bond acceptors (Lipinski definition) is 2. The zero-order valence-corrected chi connectivity index (χ0v) is 11.7. The standard InChI is InChI=1S/C15H15BrN2/c16-15-7-3-5-13(18-15)10-17-9-12-8-11-4-1-2-6-14(11)12/h1-7,12,17H,8-10H2. The molecule has 92 valence electrons. The van der Waals surface area contributed by atoms with Gasteiger partial charge in [-0.2, -0.15) is 0 Å². The van der Waals surface area contributed by atoms with Crippen LogP contribution in [0.3, 0.4) is 0 Å². The van der Waals surface area contributed by atoms with Gasteiger partial charge in [-0.05, 0) is 45.6 Å². The Morgan fingerprint density at radius 2 is 2.06 bits per heavy atom. The molecule has 2 aromatic rings. The number of benzene rings is 1. The topological polar surface area (TPSA) is 24.9 Å². The highest BCUT2D eigenvalue weighted by Crippen LogP contribution is 2.33. The van der Waals surface area contributed by atoms with Crippen molar-refractivity contribution < 1.29 is 0 Å². The molecular formula is C15H15BrN2. The molecule has 1 unspecified atom stereocenters. The molecule has 1 heterocycles. The van der Waals surface area contributed by atoms with E-state index in [0.717, 1.165) is 23.4 Å². The maximum absolute atomic E-state index is 4.41. The summed E-state index contributed by atoms with van der Waals surface area (Å²) in [7, 11) is 0. The lowest BCUT2D eigenvalue weighted by atomic mass is 9.77. The van der Waals surface area contributed by atoms with Crippen molar-refractivity contribution in [3.63, 3.8) is 0 Å². The second kappa shape index (κ2) is 5.21. The fraction of sp³-hybridized carbons (Fsp3) is 0.267. The largest absolute Gasteiger partial charge is 0.311 e. The molecule has 1 N–H and O–H groups in total. The Morgan fingerprint density at radius 3 is 2.89 bits per heavy atom. The Balaban J connectivity index is 1.52. The Bertz CT molecular complexity index is 554. The zero-order valence-electron chi connectivity index (χ0n) is 10.1. The Morgan fingerprint density at radius 1 is 1.17 bits per heavy atom. The van der Waals surface area contributed by atoms with Crippen molar-refractivity contribution in [2.24, 2.45) is 0 Å². The van der Waals surface area contributed by atoms with E-state index in [4.69, 9.17) is 0 Å². The first-order valence-corrected chi connectivity index (χ1v) is 7.02. The SMILES string of the molecule is Brc1cccc(CNCC2Cc3ccccc32)n1. The quantitative estimate of drug-likeness (QED) is 0.877. The first-order valence-electron chi connectivity index (χ1n) is 6.23. The van der Waals surface area contributed by atoms with E-state index >= 15 is 0 Å². The monoisotopic (exact) mass is 302 g/mol. The van der Waals surface area contributed by atoms with E-state index in [1.165, 1.54) is 17.5 Å². The molecular weight excluding hydrogens is 288 g/mol. The van der Waals surface area contributed by atoms with Crippen LogP contribution in [-0.2, 0) is 13.0 Å². The molecule has 3 heteroatoms. The van der Waals surface area contributed by atoms with E-state index in [-0.39, 0.29) is 0 Å². The highest BCUT2D eigenvalue weighted by atomic mass is 79.9. The Hall–Kier alpha value is -1.19. The summed E-state index contributed by atoms with van der Waals surface area (Å²) in [5, 5.41) is 3.49. The van der Waals surface area contributed by atoms with E-state index in [1.807, 2.05) is 18.2 Å². The summed E-state index contributed by atoms with van der Waals surface area (Å²) in [6.45, 7) is 1.86. The number of hydrogen-bond donors (Lipinski definition) is 1. The molecule has 1 aromatic carbocycles. The number of rotatable bonds is 4. The first kappa shape index (κ1) is 11.9. The highest BCUT2D eigenvalue weighted by Gasteiger charge is 2.24. The van der Waals surface area contributed by atoms with E-state index in [0.29, 0.717) is 5.92 Å². The average Bonchev–Trinajstić information content (AvgIpc) is 2.35. The normalized spacial score (nSPS) is 17.1. The van der Waals surface area contributed by atoms with Crippen LogP contribution in [-0.4, -0.2) is 11.5 Å². The van der Waals surface area contributed by atoms with Crippen molar-refractivity contribution in [2.45, 2.75) is 18.9 Å². The molecule has 1 aromatic heterocycles. The van der Waals surface area contributed by atoms with Crippen LogP contribution in [0.2, 0.25) is 0 Å². The van der Waals surface area contributed by atoms with Gasteiger partial charge in [-0.25, -0.2) is 4.98 Å². The van der Waals surface area contributed by atoms with Crippen LogP contribution >= 0.6 is 15.9 Å². The second-order valence-electron chi connectivity index (χ2n) is 4.68. The average molecular weight is 303 g/mol. The number of halogens is 1. The lowest BCUT2D eigenvalue weighted by Crippen LogP contribution is -2.29. The molecule has 0 saturated carbocycles. The number of pyridine rings is 1. The molecule has 3 rings (SSSR count). The van der Waals surface area contributed by atoms with Crippen molar-refractivity contribution in [1.82, 2.24) is 10.3 Å². The minimum Gasteiger partial charge on any atom is -0.311 e. The van der Waals surface area contributed by atoms with Gasteiger partial charge in [-0.3, -0.25) is 0 Å². The summed E-state index contributed by atoms with van der Waals surface area (Å²) < 4.78 is 0.899. The molecule has 0 saturated heterocycles. The fourth-order valence-electron chi connectivity index (χ4n) is 2.47. The minimum absolute atomic E-state index is 0.674. The number of nitrogens with zero attached hydrogens (tertiary/aromatic N) is 1. The molecule has 18 heavy (non-hydrogen) atoms. The number of aromatic nitrogens is 1. The van der Waals surface area contributed by atoms with Crippen LogP contribution < -0.4 is 5.32 Å². The van der Waals surface area contributed by atoms with Crippen LogP contribution in [0.1, 0.15) is 22.7 Å². The van der Waals surface area contributed by atoms with Gasteiger partial charge in [0.2, 0.25) is 0 Å². The molecule has 1 atom stereocenters. The smallest absolute Gasteiger partial charge is 0.106 e. The molecule has 0 spiro atoms. The van der Waals surface area contributed by atoms with E-state index < -0.39 is 0 Å². The van der Waals surface area contributed by atoms with Gasteiger partial charge in [-0.1, -0.05) is 30.3 Å². The summed E-state index contributed by atoms with van der Waals surface area (Å²) >= 11 is 3.39. The summed E-state index contributed by atoms with van der Waals surface area (Å²) in [6.07, 6.45) is 1.20. The molecule has 1 aliphatic rings. The van der Waals surface area contributed by atoms with Gasteiger partial charge in [0.15, 0.2) is 0 Å². The predicted molar refractivity (Wildman–Crippen MR) is 76.5 cm³/mol. The number of nitrogens with one attached hydrogen (secondary N) is 1. The van der Waals surface area contributed by atoms with Crippen LogP contribution in [0, 0.1) is 0 Å². The Labute approximate surface area is 116 Å². The van der Waals surface area contributed by atoms with E-state index in [1.54, 1.807) is 0 Å². The van der Waals surface area contributed by atoms with E-state index in [2.05, 4.69) is 50.5 Å². The summed E-state index contributed by atoms with van der Waals surface area (Å²) in [6, 6.07) is 14.7. The van der Waals surface area contributed by atoms with Gasteiger partial charge in [0, 0.05) is 19.0 Å². The lowest BCUT2D eigenvalue weighted by Gasteiger charge is -2.30. The van der Waals surface area contributed by atoms with Crippen molar-refractivity contribution >= 4 is 15.9 Å². The lowest BCUT2D eigenvalue weighted by molar-refractivity contribution is 0.532. The number of fused-ring (bicyclic) bond motifs is 1. The van der Waals surface area contributed by atoms with Crippen LogP contribution in [0.15, 0.2) is 47.1 Å². The van der Waals surface area contributed by atoms with Crippen LogP contribution in [0.25, 0.3) is 0 Å². The van der Waals surface area contributed by atoms with Crippen LogP contribution in [0.4, 0.5) is 0 Å². The van der Waals surface area contributed by atoms with E-state index in [9.17, 15) is 0 Å². The second-order valence-corrected chi connectivity index (χ2v) is 5.49. The minimum atomic E-state index is 0.674. The molecule has 1 aliphatic carbocycles. The third-order valence-electron chi connectivity index (χ3n) is 3.43. The van der Waals surface area contributed by atoms with Crippen LogP contribution in [0.5, 0.6) is 0 Å². The third kappa shape index (κ3) is 2.47. The maximum atomic E-state index is 4.41. The summed E-state index contributed by atoms with van der Waals surface area (Å²) in [5.41, 5.74) is 4.09. The molecule has 2 nitrogen and oxygen atoms in total.